The lowest BCUT2D eigenvalue weighted by Gasteiger charge is -2.40. The van der Waals surface area contributed by atoms with Crippen molar-refractivity contribution in [3.8, 4) is 0 Å². The van der Waals surface area contributed by atoms with Crippen molar-refractivity contribution in [3.05, 3.63) is 18.2 Å². The van der Waals surface area contributed by atoms with Crippen molar-refractivity contribution in [2.24, 2.45) is 7.05 Å². The van der Waals surface area contributed by atoms with Gasteiger partial charge in [-0.25, -0.2) is 4.98 Å². The number of imidazole rings is 1. The highest BCUT2D eigenvalue weighted by Crippen LogP contribution is 2.19. The molecule has 0 aliphatic carbocycles. The van der Waals surface area contributed by atoms with Crippen LogP contribution in [0.4, 0.5) is 0 Å². The average molecular weight is 238 g/mol. The molecule has 0 amide bonds. The molecule has 4 nitrogen and oxygen atoms in total. The van der Waals surface area contributed by atoms with E-state index in [1.54, 1.807) is 0 Å². The van der Waals surface area contributed by atoms with Crippen LogP contribution in [0.1, 0.15) is 26.1 Å². The maximum Gasteiger partial charge on any atom is 0.108 e. The van der Waals surface area contributed by atoms with E-state index in [2.05, 4.69) is 47.7 Å². The lowest BCUT2D eigenvalue weighted by atomic mass is 9.89. The minimum Gasteiger partial charge on any atom is -0.338 e. The van der Waals surface area contributed by atoms with Crippen LogP contribution in [0.5, 0.6) is 0 Å². The molecule has 1 aromatic heterocycles. The summed E-state index contributed by atoms with van der Waals surface area (Å²) in [7, 11) is 8.35. The topological polar surface area (TPSA) is 33.1 Å². The maximum absolute atomic E-state index is 4.37. The van der Waals surface area contributed by atoms with Gasteiger partial charge in [-0.2, -0.15) is 0 Å². The molecule has 1 heterocycles. The van der Waals surface area contributed by atoms with Crippen molar-refractivity contribution in [2.75, 3.05) is 21.1 Å². The minimum atomic E-state index is 0.139. The summed E-state index contributed by atoms with van der Waals surface area (Å²) in [5.74, 6) is 1.15. The summed E-state index contributed by atoms with van der Waals surface area (Å²) in [5.41, 5.74) is 0.139. The number of hydrogen-bond acceptors (Lipinski definition) is 3. The van der Waals surface area contributed by atoms with Crippen LogP contribution in [0.2, 0.25) is 0 Å². The molecule has 0 aromatic carbocycles. The molecule has 0 radical (unpaired) electrons. The quantitative estimate of drug-likeness (QED) is 0.810. The van der Waals surface area contributed by atoms with Gasteiger partial charge in [0.1, 0.15) is 5.82 Å². The summed E-state index contributed by atoms with van der Waals surface area (Å²) >= 11 is 0. The number of likely N-dealkylation sites (N-methyl/N-ethyl adjacent to an activating group) is 2. The molecule has 0 bridgehead atoms. The van der Waals surface area contributed by atoms with Gasteiger partial charge in [-0.1, -0.05) is 0 Å². The smallest absolute Gasteiger partial charge is 0.108 e. The fraction of sp³-hybridized carbons (Fsp3) is 0.769. The normalized spacial score (nSPS) is 14.3. The Morgan fingerprint density at radius 1 is 1.47 bits per heavy atom. The van der Waals surface area contributed by atoms with Crippen molar-refractivity contribution < 1.29 is 0 Å². The van der Waals surface area contributed by atoms with Crippen LogP contribution < -0.4 is 5.32 Å². The van der Waals surface area contributed by atoms with E-state index in [4.69, 9.17) is 0 Å². The van der Waals surface area contributed by atoms with Crippen LogP contribution in [-0.4, -0.2) is 47.2 Å². The molecular weight excluding hydrogens is 212 g/mol. The molecule has 0 aliphatic rings. The largest absolute Gasteiger partial charge is 0.338 e. The Morgan fingerprint density at radius 2 is 2.12 bits per heavy atom. The molecule has 0 saturated carbocycles. The highest BCUT2D eigenvalue weighted by Gasteiger charge is 2.30. The molecule has 0 aliphatic heterocycles. The Hall–Kier alpha value is -0.870. The second-order valence-corrected chi connectivity index (χ2v) is 5.38. The molecule has 0 fully saturated rings. The fourth-order valence-corrected chi connectivity index (χ4v) is 2.07. The van der Waals surface area contributed by atoms with Crippen LogP contribution in [0.25, 0.3) is 0 Å². The summed E-state index contributed by atoms with van der Waals surface area (Å²) in [5, 5.41) is 3.43. The van der Waals surface area contributed by atoms with E-state index in [1.165, 1.54) is 0 Å². The lowest BCUT2D eigenvalue weighted by Crippen LogP contribution is -2.54. The van der Waals surface area contributed by atoms with E-state index in [0.717, 1.165) is 18.7 Å². The molecule has 17 heavy (non-hydrogen) atoms. The van der Waals surface area contributed by atoms with Crippen LogP contribution >= 0.6 is 0 Å². The van der Waals surface area contributed by atoms with Gasteiger partial charge in [-0.05, 0) is 41.4 Å². The van der Waals surface area contributed by atoms with Crippen molar-refractivity contribution in [1.29, 1.82) is 0 Å². The third kappa shape index (κ3) is 3.30. The zero-order valence-electron chi connectivity index (χ0n) is 12.0. The highest BCUT2D eigenvalue weighted by molar-refractivity contribution is 4.96. The van der Waals surface area contributed by atoms with E-state index >= 15 is 0 Å². The Labute approximate surface area is 105 Å². The Bertz CT molecular complexity index is 341. The second kappa shape index (κ2) is 5.65. The molecule has 1 atom stereocenters. The van der Waals surface area contributed by atoms with Gasteiger partial charge in [0.25, 0.3) is 0 Å². The molecule has 1 unspecified atom stereocenters. The van der Waals surface area contributed by atoms with Crippen LogP contribution in [-0.2, 0) is 13.5 Å². The number of nitrogens with one attached hydrogen (secondary N) is 1. The number of rotatable bonds is 6. The standard InChI is InChI=1S/C13H26N4/c1-13(2,16(4)5)11(14-3)7-8-12-15-9-10-17(12)6/h9-11,14H,7-8H2,1-6H3. The molecule has 0 spiro atoms. The first kappa shape index (κ1) is 14.2. The van der Waals surface area contributed by atoms with Gasteiger partial charge in [0.2, 0.25) is 0 Å². The van der Waals surface area contributed by atoms with E-state index in [0.29, 0.717) is 6.04 Å². The number of aromatic nitrogens is 2. The van der Waals surface area contributed by atoms with Gasteiger partial charge in [-0.3, -0.25) is 0 Å². The van der Waals surface area contributed by atoms with Gasteiger partial charge in [0.15, 0.2) is 0 Å². The predicted octanol–water partition coefficient (Wildman–Crippen LogP) is 1.28. The van der Waals surface area contributed by atoms with E-state index < -0.39 is 0 Å². The third-order valence-corrected chi connectivity index (χ3v) is 3.93. The Balaban J connectivity index is 2.62. The van der Waals surface area contributed by atoms with Gasteiger partial charge >= 0.3 is 0 Å². The summed E-state index contributed by atoms with van der Waals surface area (Å²) < 4.78 is 2.09. The van der Waals surface area contributed by atoms with E-state index in [1.807, 2.05) is 26.5 Å². The second-order valence-electron chi connectivity index (χ2n) is 5.38. The molecule has 1 rings (SSSR count). The highest BCUT2D eigenvalue weighted by atomic mass is 15.2. The van der Waals surface area contributed by atoms with Gasteiger partial charge in [0, 0.05) is 37.4 Å². The van der Waals surface area contributed by atoms with Gasteiger partial charge < -0.3 is 14.8 Å². The number of nitrogens with zero attached hydrogens (tertiary/aromatic N) is 3. The SMILES string of the molecule is CNC(CCc1nccn1C)C(C)(C)N(C)C. The summed E-state index contributed by atoms with van der Waals surface area (Å²) in [6.07, 6.45) is 5.96. The van der Waals surface area contributed by atoms with Crippen LogP contribution in [0.15, 0.2) is 12.4 Å². The van der Waals surface area contributed by atoms with Crippen LogP contribution in [0.3, 0.4) is 0 Å². The summed E-state index contributed by atoms with van der Waals surface area (Å²) in [4.78, 5) is 6.64. The summed E-state index contributed by atoms with van der Waals surface area (Å²) in [6.45, 7) is 4.54. The molecule has 98 valence electrons. The van der Waals surface area contributed by atoms with Crippen molar-refractivity contribution in [3.63, 3.8) is 0 Å². The predicted molar refractivity (Wildman–Crippen MR) is 72.1 cm³/mol. The van der Waals surface area contributed by atoms with E-state index in [-0.39, 0.29) is 5.54 Å². The number of aryl methyl sites for hydroxylation is 2. The molecular formula is C13H26N4. The van der Waals surface area contributed by atoms with Gasteiger partial charge in [-0.15, -0.1) is 0 Å². The van der Waals surface area contributed by atoms with Gasteiger partial charge in [0.05, 0.1) is 0 Å². The summed E-state index contributed by atoms with van der Waals surface area (Å²) in [6, 6.07) is 0.453. The minimum absolute atomic E-state index is 0.139. The zero-order valence-corrected chi connectivity index (χ0v) is 12.0. The van der Waals surface area contributed by atoms with Crippen LogP contribution in [0, 0.1) is 0 Å². The third-order valence-electron chi connectivity index (χ3n) is 3.93. The van der Waals surface area contributed by atoms with Crippen molar-refractivity contribution >= 4 is 0 Å². The Morgan fingerprint density at radius 3 is 2.53 bits per heavy atom. The molecule has 0 saturated heterocycles. The monoisotopic (exact) mass is 238 g/mol. The number of hydrogen-bond donors (Lipinski definition) is 1. The molecule has 1 aromatic rings. The molecule has 1 N–H and O–H groups in total. The first-order valence-corrected chi connectivity index (χ1v) is 6.20. The maximum atomic E-state index is 4.37. The fourth-order valence-electron chi connectivity index (χ4n) is 2.07. The first-order valence-electron chi connectivity index (χ1n) is 6.20. The average Bonchev–Trinajstić information content (AvgIpc) is 2.64. The van der Waals surface area contributed by atoms with Crippen molar-refractivity contribution in [2.45, 2.75) is 38.3 Å². The van der Waals surface area contributed by atoms with E-state index in [9.17, 15) is 0 Å². The Kier molecular flexibility index (Phi) is 4.71. The zero-order chi connectivity index (χ0) is 13.1. The molecule has 4 heteroatoms. The first-order chi connectivity index (χ1) is 7.89. The lowest BCUT2D eigenvalue weighted by molar-refractivity contribution is 0.136. The van der Waals surface area contributed by atoms with Crippen molar-refractivity contribution in [1.82, 2.24) is 19.8 Å².